The SMILES string of the molecule is CC(F)Oc1ccc(C(=O)Nc2ccc(F)c([C@]34CO[C@H](C(F)F)[C@H]3CSC(N)=N4)c2)nc1. The van der Waals surface area contributed by atoms with E-state index in [0.29, 0.717) is 0 Å². The topological polar surface area (TPSA) is 98.8 Å². The number of hydrogen-bond donors (Lipinski definition) is 2. The Balaban J connectivity index is 1.61. The fourth-order valence-electron chi connectivity index (χ4n) is 3.96. The molecule has 1 aromatic heterocycles. The number of benzene rings is 1. The van der Waals surface area contributed by atoms with Gasteiger partial charge in [0.05, 0.1) is 12.8 Å². The van der Waals surface area contributed by atoms with Gasteiger partial charge < -0.3 is 20.5 Å². The van der Waals surface area contributed by atoms with E-state index in [9.17, 15) is 22.4 Å². The number of ether oxygens (including phenoxy) is 2. The molecule has 0 saturated carbocycles. The number of nitrogens with two attached hydrogens (primary N) is 1. The second-order valence-electron chi connectivity index (χ2n) is 7.59. The summed E-state index contributed by atoms with van der Waals surface area (Å²) >= 11 is 1.11. The van der Waals surface area contributed by atoms with Crippen LogP contribution in [-0.4, -0.2) is 47.3 Å². The van der Waals surface area contributed by atoms with Crippen molar-refractivity contribution >= 4 is 28.5 Å². The largest absolute Gasteiger partial charge is 0.459 e. The lowest BCUT2D eigenvalue weighted by molar-refractivity contribution is -0.0359. The van der Waals surface area contributed by atoms with Crippen LogP contribution in [0.1, 0.15) is 23.0 Å². The average molecular weight is 484 g/mol. The van der Waals surface area contributed by atoms with Crippen LogP contribution in [0, 0.1) is 11.7 Å². The number of amides is 1. The molecule has 3 heterocycles. The number of nitrogens with one attached hydrogen (secondary N) is 1. The molecule has 7 nitrogen and oxygen atoms in total. The monoisotopic (exact) mass is 484 g/mol. The first-order chi connectivity index (χ1) is 15.7. The van der Waals surface area contributed by atoms with Crippen molar-refractivity contribution in [1.82, 2.24) is 4.98 Å². The van der Waals surface area contributed by atoms with Gasteiger partial charge in [0.1, 0.15) is 28.9 Å². The first-order valence-corrected chi connectivity index (χ1v) is 10.9. The van der Waals surface area contributed by atoms with Crippen molar-refractivity contribution in [1.29, 1.82) is 0 Å². The van der Waals surface area contributed by atoms with Crippen LogP contribution in [0.5, 0.6) is 5.75 Å². The molecule has 1 amide bonds. The van der Waals surface area contributed by atoms with E-state index in [2.05, 4.69) is 15.3 Å². The van der Waals surface area contributed by atoms with Crippen LogP contribution >= 0.6 is 11.8 Å². The van der Waals surface area contributed by atoms with Crippen molar-refractivity contribution < 1.29 is 31.8 Å². The van der Waals surface area contributed by atoms with Gasteiger partial charge in [0, 0.05) is 29.8 Å². The average Bonchev–Trinajstić information content (AvgIpc) is 3.15. The zero-order valence-corrected chi connectivity index (χ0v) is 18.1. The second-order valence-corrected chi connectivity index (χ2v) is 8.63. The summed E-state index contributed by atoms with van der Waals surface area (Å²) in [6.45, 7) is 0.941. The Morgan fingerprint density at radius 1 is 1.33 bits per heavy atom. The lowest BCUT2D eigenvalue weighted by Gasteiger charge is -2.35. The van der Waals surface area contributed by atoms with Crippen LogP contribution < -0.4 is 15.8 Å². The Kier molecular flexibility index (Phi) is 6.48. The van der Waals surface area contributed by atoms with Gasteiger partial charge in [-0.15, -0.1) is 0 Å². The van der Waals surface area contributed by atoms with Gasteiger partial charge in [0.25, 0.3) is 12.3 Å². The molecule has 4 atom stereocenters. The molecule has 3 N–H and O–H groups in total. The van der Waals surface area contributed by atoms with Crippen molar-refractivity contribution in [2.75, 3.05) is 17.7 Å². The summed E-state index contributed by atoms with van der Waals surface area (Å²) in [4.78, 5) is 20.8. The third kappa shape index (κ3) is 4.62. The molecule has 0 radical (unpaired) electrons. The quantitative estimate of drug-likeness (QED) is 0.607. The van der Waals surface area contributed by atoms with Gasteiger partial charge in [-0.3, -0.25) is 4.79 Å². The molecule has 1 unspecified atom stereocenters. The lowest BCUT2D eigenvalue weighted by Crippen LogP contribution is -2.43. The first-order valence-electron chi connectivity index (χ1n) is 9.95. The molecule has 33 heavy (non-hydrogen) atoms. The number of aromatic nitrogens is 1. The maximum absolute atomic E-state index is 14.9. The van der Waals surface area contributed by atoms with E-state index < -0.39 is 42.1 Å². The van der Waals surface area contributed by atoms with E-state index in [1.165, 1.54) is 37.4 Å². The van der Waals surface area contributed by atoms with Gasteiger partial charge in [0.2, 0.25) is 6.36 Å². The summed E-state index contributed by atoms with van der Waals surface area (Å²) in [5, 5.41) is 2.74. The number of carbonyl (C=O) groups is 1. The molecule has 2 aliphatic rings. The Hall–Kier alpha value is -2.86. The molecule has 2 aromatic rings. The Bertz CT molecular complexity index is 1070. The standard InChI is InChI=1S/C21H20F4N4O3S/c1-10(22)32-12-3-5-16(27-7-12)19(30)28-11-2-4-15(23)13(6-11)21-9-31-17(18(24)25)14(21)8-33-20(26)29-21/h2-7,10,14,17-18H,8-9H2,1H3,(H2,26,29)(H,28,30)/t10?,14-,17+,21-/m1/s1. The number of thioether (sulfide) groups is 1. The minimum atomic E-state index is -2.77. The molecule has 1 saturated heterocycles. The summed E-state index contributed by atoms with van der Waals surface area (Å²) in [6, 6.07) is 6.51. The molecule has 1 fully saturated rings. The van der Waals surface area contributed by atoms with Crippen molar-refractivity contribution in [3.8, 4) is 5.75 Å². The first kappa shape index (κ1) is 23.3. The number of halogens is 4. The highest BCUT2D eigenvalue weighted by molar-refractivity contribution is 8.13. The lowest BCUT2D eigenvalue weighted by atomic mass is 9.78. The molecule has 1 aromatic carbocycles. The number of carbonyl (C=O) groups excluding carboxylic acids is 1. The molecular formula is C21H20F4N4O3S. The second kappa shape index (κ2) is 9.18. The van der Waals surface area contributed by atoms with Crippen LogP contribution in [0.4, 0.5) is 23.2 Å². The Morgan fingerprint density at radius 3 is 2.79 bits per heavy atom. The van der Waals surface area contributed by atoms with Gasteiger partial charge in [-0.25, -0.2) is 27.5 Å². The number of fused-ring (bicyclic) bond motifs is 1. The van der Waals surface area contributed by atoms with E-state index in [4.69, 9.17) is 15.2 Å². The van der Waals surface area contributed by atoms with Gasteiger partial charge in [-0.05, 0) is 30.3 Å². The zero-order valence-electron chi connectivity index (χ0n) is 17.3. The molecular weight excluding hydrogens is 464 g/mol. The maximum Gasteiger partial charge on any atom is 0.274 e. The number of rotatable bonds is 6. The summed E-state index contributed by atoms with van der Waals surface area (Å²) < 4.78 is 65.1. The molecule has 2 aliphatic heterocycles. The van der Waals surface area contributed by atoms with E-state index in [0.717, 1.165) is 17.8 Å². The zero-order chi connectivity index (χ0) is 23.8. The van der Waals surface area contributed by atoms with Crippen LogP contribution in [0.25, 0.3) is 0 Å². The highest BCUT2D eigenvalue weighted by atomic mass is 32.2. The van der Waals surface area contributed by atoms with Crippen molar-refractivity contribution in [2.24, 2.45) is 16.6 Å². The highest BCUT2D eigenvalue weighted by Crippen LogP contribution is 2.49. The molecule has 4 rings (SSSR count). The number of alkyl halides is 3. The molecule has 0 spiro atoms. The van der Waals surface area contributed by atoms with Crippen molar-refractivity contribution in [3.05, 3.63) is 53.6 Å². The third-order valence-corrected chi connectivity index (χ3v) is 6.35. The predicted molar refractivity (Wildman–Crippen MR) is 115 cm³/mol. The Morgan fingerprint density at radius 2 is 2.12 bits per heavy atom. The maximum atomic E-state index is 14.9. The fourth-order valence-corrected chi connectivity index (χ4v) is 5.00. The molecule has 12 heteroatoms. The fraction of sp³-hybridized carbons (Fsp3) is 0.381. The van der Waals surface area contributed by atoms with E-state index in [1.807, 2.05) is 0 Å². The number of hydrogen-bond acceptors (Lipinski definition) is 7. The number of anilines is 1. The highest BCUT2D eigenvalue weighted by Gasteiger charge is 2.56. The summed E-state index contributed by atoms with van der Waals surface area (Å²) in [6.07, 6.45) is -4.52. The minimum Gasteiger partial charge on any atom is -0.459 e. The van der Waals surface area contributed by atoms with Gasteiger partial charge in [-0.2, -0.15) is 0 Å². The number of pyridine rings is 1. The summed E-state index contributed by atoms with van der Waals surface area (Å²) in [7, 11) is 0. The van der Waals surface area contributed by atoms with Crippen molar-refractivity contribution in [2.45, 2.75) is 31.3 Å². The third-order valence-electron chi connectivity index (χ3n) is 5.43. The van der Waals surface area contributed by atoms with Crippen LogP contribution in [0.2, 0.25) is 0 Å². The van der Waals surface area contributed by atoms with E-state index in [1.54, 1.807) is 0 Å². The molecule has 176 valence electrons. The van der Waals surface area contributed by atoms with Crippen LogP contribution in [0.15, 0.2) is 41.5 Å². The number of aliphatic imine (C=N–C) groups is 1. The smallest absolute Gasteiger partial charge is 0.274 e. The van der Waals surface area contributed by atoms with Gasteiger partial charge >= 0.3 is 0 Å². The predicted octanol–water partition coefficient (Wildman–Crippen LogP) is 3.70. The van der Waals surface area contributed by atoms with E-state index in [-0.39, 0.29) is 40.2 Å². The number of nitrogens with zero attached hydrogens (tertiary/aromatic N) is 2. The van der Waals surface area contributed by atoms with Crippen LogP contribution in [-0.2, 0) is 10.3 Å². The van der Waals surface area contributed by atoms with Gasteiger partial charge in [-0.1, -0.05) is 11.8 Å². The Labute approximate surface area is 190 Å². The van der Waals surface area contributed by atoms with Gasteiger partial charge in [0.15, 0.2) is 5.17 Å². The normalized spacial score (nSPS) is 25.3. The van der Waals surface area contributed by atoms with E-state index >= 15 is 0 Å². The molecule has 0 aliphatic carbocycles. The summed E-state index contributed by atoms with van der Waals surface area (Å²) in [5.74, 6) is -1.76. The minimum absolute atomic E-state index is 0.00494. The molecule has 0 bridgehead atoms. The number of amidine groups is 1. The summed E-state index contributed by atoms with van der Waals surface area (Å²) in [5.41, 5.74) is 4.65. The van der Waals surface area contributed by atoms with Crippen LogP contribution in [0.3, 0.4) is 0 Å². The van der Waals surface area contributed by atoms with Crippen molar-refractivity contribution in [3.63, 3.8) is 0 Å².